The molecule has 0 fully saturated rings. The average Bonchev–Trinajstić information content (AvgIpc) is 2.38. The molecule has 1 atom stereocenters. The van der Waals surface area contributed by atoms with E-state index in [0.717, 1.165) is 24.0 Å². The van der Waals surface area contributed by atoms with E-state index in [1.54, 1.807) is 0 Å². The minimum Gasteiger partial charge on any atom is -0.481 e. The van der Waals surface area contributed by atoms with Crippen LogP contribution in [0.3, 0.4) is 0 Å². The highest BCUT2D eigenvalue weighted by molar-refractivity contribution is 5.69. The van der Waals surface area contributed by atoms with E-state index in [-0.39, 0.29) is 12.3 Å². The van der Waals surface area contributed by atoms with Gasteiger partial charge in [-0.25, -0.2) is 0 Å². The van der Waals surface area contributed by atoms with Gasteiger partial charge in [0.05, 0.1) is 6.42 Å². The van der Waals surface area contributed by atoms with Crippen LogP contribution in [-0.4, -0.2) is 11.1 Å². The van der Waals surface area contributed by atoms with Crippen LogP contribution in [0.15, 0.2) is 54.1 Å². The highest BCUT2D eigenvalue weighted by Gasteiger charge is 2.18. The molecule has 0 amide bonds. The Morgan fingerprint density at radius 1 is 1.24 bits per heavy atom. The summed E-state index contributed by atoms with van der Waals surface area (Å²) in [5, 5.41) is 9.02. The first-order valence-corrected chi connectivity index (χ1v) is 5.90. The Morgan fingerprint density at radius 2 is 2.00 bits per heavy atom. The lowest BCUT2D eigenvalue weighted by atomic mass is 9.86. The molecule has 88 valence electrons. The molecule has 2 nitrogen and oxygen atoms in total. The predicted octanol–water partition coefficient (Wildman–Crippen LogP) is 3.52. The Morgan fingerprint density at radius 3 is 2.59 bits per heavy atom. The van der Waals surface area contributed by atoms with Crippen LogP contribution in [0.25, 0.3) is 0 Å². The number of carboxylic acid groups (broad SMARTS) is 1. The standard InChI is InChI=1S/C15H16O2/c16-15(17)11-14(12-7-3-1-4-8-12)13-9-5-2-6-10-13/h1,3-5,7-10,14H,2,6,11H2,(H,16,17). The smallest absolute Gasteiger partial charge is 0.304 e. The quantitative estimate of drug-likeness (QED) is 0.856. The first kappa shape index (κ1) is 11.6. The van der Waals surface area contributed by atoms with E-state index >= 15 is 0 Å². The van der Waals surface area contributed by atoms with E-state index < -0.39 is 5.97 Å². The number of rotatable bonds is 4. The van der Waals surface area contributed by atoms with Gasteiger partial charge in [-0.15, -0.1) is 0 Å². The molecule has 1 aliphatic rings. The van der Waals surface area contributed by atoms with Gasteiger partial charge in [-0.3, -0.25) is 4.79 Å². The highest BCUT2D eigenvalue weighted by atomic mass is 16.4. The van der Waals surface area contributed by atoms with Crippen LogP contribution >= 0.6 is 0 Å². The fourth-order valence-electron chi connectivity index (χ4n) is 2.18. The molecule has 17 heavy (non-hydrogen) atoms. The summed E-state index contributed by atoms with van der Waals surface area (Å²) >= 11 is 0. The van der Waals surface area contributed by atoms with Crippen molar-refractivity contribution >= 4 is 5.97 Å². The van der Waals surface area contributed by atoms with E-state index in [4.69, 9.17) is 5.11 Å². The number of carbonyl (C=O) groups is 1. The molecule has 1 unspecified atom stereocenters. The molecule has 1 aromatic rings. The Labute approximate surface area is 101 Å². The second-order valence-electron chi connectivity index (χ2n) is 4.24. The second-order valence-corrected chi connectivity index (χ2v) is 4.24. The third-order valence-corrected chi connectivity index (χ3v) is 3.01. The fourth-order valence-corrected chi connectivity index (χ4v) is 2.18. The van der Waals surface area contributed by atoms with E-state index in [9.17, 15) is 4.79 Å². The van der Waals surface area contributed by atoms with Gasteiger partial charge < -0.3 is 5.11 Å². The summed E-state index contributed by atoms with van der Waals surface area (Å²) < 4.78 is 0. The van der Waals surface area contributed by atoms with Gasteiger partial charge >= 0.3 is 5.97 Å². The van der Waals surface area contributed by atoms with Crippen molar-refractivity contribution < 1.29 is 9.90 Å². The minimum atomic E-state index is -0.751. The molecule has 0 aliphatic heterocycles. The largest absolute Gasteiger partial charge is 0.481 e. The number of carboxylic acids is 1. The van der Waals surface area contributed by atoms with Crippen molar-refractivity contribution in [2.75, 3.05) is 0 Å². The van der Waals surface area contributed by atoms with Crippen LogP contribution in [0, 0.1) is 0 Å². The molecule has 2 rings (SSSR count). The molecular weight excluding hydrogens is 212 g/mol. The van der Waals surface area contributed by atoms with Gasteiger partial charge in [0.2, 0.25) is 0 Å². The molecule has 0 radical (unpaired) electrons. The topological polar surface area (TPSA) is 37.3 Å². The van der Waals surface area contributed by atoms with Gasteiger partial charge in [0, 0.05) is 5.92 Å². The van der Waals surface area contributed by atoms with Crippen LogP contribution in [0.5, 0.6) is 0 Å². The Hall–Kier alpha value is -1.83. The van der Waals surface area contributed by atoms with Crippen molar-refractivity contribution in [3.05, 3.63) is 59.7 Å². The van der Waals surface area contributed by atoms with E-state index in [1.165, 1.54) is 0 Å². The van der Waals surface area contributed by atoms with Gasteiger partial charge in [-0.2, -0.15) is 0 Å². The van der Waals surface area contributed by atoms with Gasteiger partial charge in [0.25, 0.3) is 0 Å². The van der Waals surface area contributed by atoms with Crippen molar-refractivity contribution in [2.24, 2.45) is 0 Å². The van der Waals surface area contributed by atoms with Gasteiger partial charge in [-0.1, -0.05) is 48.6 Å². The zero-order valence-electron chi connectivity index (χ0n) is 9.67. The molecule has 0 spiro atoms. The zero-order valence-corrected chi connectivity index (χ0v) is 9.67. The number of allylic oxidation sites excluding steroid dienone is 4. The Bertz CT molecular complexity index is 443. The molecular formula is C15H16O2. The fraction of sp³-hybridized carbons (Fsp3) is 0.267. The van der Waals surface area contributed by atoms with Crippen molar-refractivity contribution in [2.45, 2.75) is 25.2 Å². The summed E-state index contributed by atoms with van der Waals surface area (Å²) in [5.41, 5.74) is 2.21. The van der Waals surface area contributed by atoms with Crippen molar-refractivity contribution in [1.29, 1.82) is 0 Å². The number of hydrogen-bond donors (Lipinski definition) is 1. The molecule has 1 N–H and O–H groups in total. The Kier molecular flexibility index (Phi) is 3.76. The number of aliphatic carboxylic acids is 1. The SMILES string of the molecule is O=C(O)CC(C1=CCCC=C1)c1ccccc1. The normalized spacial score (nSPS) is 16.4. The Balaban J connectivity index is 2.28. The summed E-state index contributed by atoms with van der Waals surface area (Å²) in [7, 11) is 0. The molecule has 0 saturated heterocycles. The maximum atomic E-state index is 11.0. The lowest BCUT2D eigenvalue weighted by Gasteiger charge is -2.19. The highest BCUT2D eigenvalue weighted by Crippen LogP contribution is 2.31. The van der Waals surface area contributed by atoms with E-state index in [1.807, 2.05) is 30.3 Å². The molecule has 0 bridgehead atoms. The van der Waals surface area contributed by atoms with E-state index in [2.05, 4.69) is 18.2 Å². The van der Waals surface area contributed by atoms with Crippen LogP contribution < -0.4 is 0 Å². The second kappa shape index (κ2) is 5.48. The van der Waals surface area contributed by atoms with Crippen LogP contribution in [0.1, 0.15) is 30.7 Å². The van der Waals surface area contributed by atoms with Crippen LogP contribution in [0.2, 0.25) is 0 Å². The lowest BCUT2D eigenvalue weighted by molar-refractivity contribution is -0.137. The summed E-state index contributed by atoms with van der Waals surface area (Å²) in [6.45, 7) is 0. The van der Waals surface area contributed by atoms with Crippen molar-refractivity contribution in [3.63, 3.8) is 0 Å². The first-order valence-electron chi connectivity index (χ1n) is 5.90. The zero-order chi connectivity index (χ0) is 12.1. The number of benzene rings is 1. The molecule has 0 aromatic heterocycles. The first-order chi connectivity index (χ1) is 8.27. The molecule has 1 aliphatic carbocycles. The van der Waals surface area contributed by atoms with Gasteiger partial charge in [0.1, 0.15) is 0 Å². The summed E-state index contributed by atoms with van der Waals surface area (Å²) in [4.78, 5) is 11.0. The molecule has 2 heteroatoms. The molecule has 0 heterocycles. The van der Waals surface area contributed by atoms with Gasteiger partial charge in [-0.05, 0) is 24.0 Å². The monoisotopic (exact) mass is 228 g/mol. The third kappa shape index (κ3) is 3.06. The molecule has 0 saturated carbocycles. The lowest BCUT2D eigenvalue weighted by Crippen LogP contribution is -2.09. The average molecular weight is 228 g/mol. The maximum absolute atomic E-state index is 11.0. The summed E-state index contributed by atoms with van der Waals surface area (Å²) in [6.07, 6.45) is 8.55. The predicted molar refractivity (Wildman–Crippen MR) is 67.9 cm³/mol. The maximum Gasteiger partial charge on any atom is 0.304 e. The van der Waals surface area contributed by atoms with Gasteiger partial charge in [0.15, 0.2) is 0 Å². The minimum absolute atomic E-state index is 0.0229. The van der Waals surface area contributed by atoms with E-state index in [0.29, 0.717) is 0 Å². The van der Waals surface area contributed by atoms with Crippen molar-refractivity contribution in [3.8, 4) is 0 Å². The summed E-state index contributed by atoms with van der Waals surface area (Å²) in [6, 6.07) is 9.86. The van der Waals surface area contributed by atoms with Crippen LogP contribution in [0.4, 0.5) is 0 Å². The summed E-state index contributed by atoms with van der Waals surface area (Å²) in [5.74, 6) is -0.774. The third-order valence-electron chi connectivity index (χ3n) is 3.01. The van der Waals surface area contributed by atoms with Crippen LogP contribution in [-0.2, 0) is 4.79 Å². The number of hydrogen-bond acceptors (Lipinski definition) is 1. The van der Waals surface area contributed by atoms with Crippen molar-refractivity contribution in [1.82, 2.24) is 0 Å². The molecule has 1 aromatic carbocycles.